The third-order valence-electron chi connectivity index (χ3n) is 22.5. The second-order valence-corrected chi connectivity index (χ2v) is 37.5. The minimum absolute atomic E-state index is 0.286. The maximum atomic E-state index is 7.88. The summed E-state index contributed by atoms with van der Waals surface area (Å²) < 4.78 is 57.8. The lowest BCUT2D eigenvalue weighted by atomic mass is 9.71. The molecule has 9 fully saturated rings. The predicted octanol–water partition coefficient (Wildman–Crippen LogP) is 12.7. The van der Waals surface area contributed by atoms with E-state index in [-0.39, 0.29) is 47.3 Å². The van der Waals surface area contributed by atoms with Gasteiger partial charge in [0.15, 0.2) is 0 Å². The molecule has 9 aliphatic rings. The second-order valence-electron chi connectivity index (χ2n) is 33.5. The molecule has 4 saturated carbocycles. The van der Waals surface area contributed by atoms with E-state index in [1.54, 1.807) is 0 Å². The van der Waals surface area contributed by atoms with E-state index in [9.17, 15) is 0 Å². The van der Waals surface area contributed by atoms with Gasteiger partial charge in [-0.3, -0.25) is 42.5 Å². The smallest absolute Gasteiger partial charge is 0.0814 e. The summed E-state index contributed by atoms with van der Waals surface area (Å²) in [7, 11) is 0. The van der Waals surface area contributed by atoms with E-state index >= 15 is 0 Å². The Balaban J connectivity index is 1.27. The van der Waals surface area contributed by atoms with Gasteiger partial charge in [0, 0.05) is 100 Å². The molecule has 5 aliphatic heterocycles. The molecule has 24 atom stereocenters. The fourth-order valence-corrected chi connectivity index (χ4v) is 20.1. The van der Waals surface area contributed by atoms with Crippen LogP contribution in [0.15, 0.2) is 0 Å². The highest BCUT2D eigenvalue weighted by atomic mass is 35.5. The summed E-state index contributed by atoms with van der Waals surface area (Å²) in [4.78, 5) is 0. The molecule has 0 aromatic rings. The van der Waals surface area contributed by atoms with E-state index in [0.29, 0.717) is 100 Å². The van der Waals surface area contributed by atoms with Crippen LogP contribution >= 0.6 is 92.8 Å². The van der Waals surface area contributed by atoms with Crippen molar-refractivity contribution in [2.75, 3.05) is 52.9 Å². The molecular weight excluding hydrogens is 1390 g/mol. The summed E-state index contributed by atoms with van der Waals surface area (Å²) in [6.45, 7) is 39.7. The van der Waals surface area contributed by atoms with Crippen LogP contribution in [0.3, 0.4) is 0 Å². The average Bonchev–Trinajstić information content (AvgIpc) is 1.56. The summed E-state index contributed by atoms with van der Waals surface area (Å²) in [5.74, 6) is 0.885. The number of halogens is 8. The minimum Gasteiger partial charge on any atom is -0.376 e. The van der Waals surface area contributed by atoms with Gasteiger partial charge in [-0.1, -0.05) is 111 Å². The Morgan fingerprint density at radius 3 is 0.365 bits per heavy atom. The molecule has 96 heavy (non-hydrogen) atoms. The van der Waals surface area contributed by atoms with E-state index in [1.165, 1.54) is 0 Å². The zero-order valence-corrected chi connectivity index (χ0v) is 66.7. The normalized spacial score (nSPS) is 44.0. The van der Waals surface area contributed by atoms with Gasteiger partial charge in [-0.25, -0.2) is 0 Å². The Morgan fingerprint density at radius 2 is 0.281 bits per heavy atom. The van der Waals surface area contributed by atoms with Crippen molar-refractivity contribution in [3.63, 3.8) is 0 Å². The van der Waals surface area contributed by atoms with Gasteiger partial charge in [0.25, 0.3) is 0 Å². The van der Waals surface area contributed by atoms with Crippen molar-refractivity contribution in [1.29, 1.82) is 0 Å². The summed E-state index contributed by atoms with van der Waals surface area (Å²) in [6, 6.07) is 0. The molecule has 5 saturated heterocycles. The predicted molar refractivity (Wildman–Crippen MR) is 394 cm³/mol. The van der Waals surface area contributed by atoms with Crippen molar-refractivity contribution in [2.45, 2.75) is 303 Å². The van der Waals surface area contributed by atoms with Crippen LogP contribution in [0.1, 0.15) is 162 Å². The SMILES string of the molecule is CC(C)CCOC1C(Cl)C(Cl)C(OCCC(C)C)C2C3NC(NC4NC(NC5NC(NC6NC(N3)C3C(OCCC(C)C)C(Cl)C(Cl)C(OCCC(C)C)C63)C3C(OCCC(C)C)C(Cl)C(Cl)C(OCCC(C)C)C53)C3C(OCCC(C)C)C(Cl)C(Cl)C(OCCC(C)C)C43)C12. The van der Waals surface area contributed by atoms with Gasteiger partial charge < -0.3 is 37.9 Å². The molecule has 8 bridgehead atoms. The van der Waals surface area contributed by atoms with Crippen LogP contribution < -0.4 is 42.5 Å². The fourth-order valence-electron chi connectivity index (χ4n) is 17.0. The first-order valence-electron chi connectivity index (χ1n) is 37.7. The highest BCUT2D eigenvalue weighted by Gasteiger charge is 2.68. The molecule has 0 amide bonds. The monoisotopic (exact) mass is 1510 g/mol. The Labute approximate surface area is 619 Å². The lowest BCUT2D eigenvalue weighted by Gasteiger charge is -2.49. The van der Waals surface area contributed by atoms with Crippen LogP contribution in [0.2, 0.25) is 0 Å². The Hall–Kier alpha value is 1.68. The van der Waals surface area contributed by atoms with Gasteiger partial charge in [-0.2, -0.15) is 0 Å². The molecule has 8 N–H and O–H groups in total. The lowest BCUT2D eigenvalue weighted by molar-refractivity contribution is -0.112. The largest absolute Gasteiger partial charge is 0.376 e. The Bertz CT molecular complexity index is 1860. The van der Waals surface area contributed by atoms with E-state index in [2.05, 4.69) is 153 Å². The van der Waals surface area contributed by atoms with Gasteiger partial charge >= 0.3 is 0 Å². The molecule has 9 rings (SSSR count). The van der Waals surface area contributed by atoms with Crippen LogP contribution in [-0.2, 0) is 37.9 Å². The zero-order valence-electron chi connectivity index (χ0n) is 60.7. The number of fused-ring (bicyclic) bond motifs is 20. The van der Waals surface area contributed by atoms with Gasteiger partial charge in [-0.15, -0.1) is 92.8 Å². The van der Waals surface area contributed by atoms with E-state index in [4.69, 9.17) is 131 Å². The molecular formula is C72H128Cl8N8O8. The molecule has 0 aromatic carbocycles. The molecule has 0 radical (unpaired) electrons. The molecule has 560 valence electrons. The second kappa shape index (κ2) is 37.5. The van der Waals surface area contributed by atoms with Crippen molar-refractivity contribution < 1.29 is 37.9 Å². The van der Waals surface area contributed by atoms with Crippen molar-refractivity contribution >= 4 is 92.8 Å². The first-order chi connectivity index (χ1) is 45.6. The van der Waals surface area contributed by atoms with E-state index in [0.717, 1.165) is 51.4 Å². The summed E-state index contributed by atoms with van der Waals surface area (Å²) >= 11 is 63.1. The van der Waals surface area contributed by atoms with Crippen molar-refractivity contribution in [1.82, 2.24) is 42.5 Å². The summed E-state index contributed by atoms with van der Waals surface area (Å²) in [5, 5.41) is 29.5. The summed E-state index contributed by atoms with van der Waals surface area (Å²) in [5.41, 5.74) is 0. The number of hydrogen-bond acceptors (Lipinski definition) is 16. The van der Waals surface area contributed by atoms with E-state index < -0.39 is 141 Å². The maximum Gasteiger partial charge on any atom is 0.0814 e. The van der Waals surface area contributed by atoms with Crippen LogP contribution in [-0.4, -0.2) is 194 Å². The molecule has 24 heteroatoms. The number of nitrogens with one attached hydrogen (secondary N) is 8. The highest BCUT2D eigenvalue weighted by Crippen LogP contribution is 2.53. The lowest BCUT2D eigenvalue weighted by Crippen LogP contribution is -2.64. The molecule has 24 unspecified atom stereocenters. The van der Waals surface area contributed by atoms with Gasteiger partial charge in [0.05, 0.1) is 141 Å². The zero-order chi connectivity index (χ0) is 69.7. The number of hydrogen-bond donors (Lipinski definition) is 8. The Kier molecular flexibility index (Phi) is 31.9. The maximum absolute atomic E-state index is 7.88. The van der Waals surface area contributed by atoms with Crippen LogP contribution in [0.5, 0.6) is 0 Å². The van der Waals surface area contributed by atoms with Crippen molar-refractivity contribution in [2.24, 2.45) is 94.7 Å². The van der Waals surface area contributed by atoms with Crippen molar-refractivity contribution in [3.8, 4) is 0 Å². The van der Waals surface area contributed by atoms with Gasteiger partial charge in [-0.05, 0) is 98.7 Å². The quantitative estimate of drug-likeness (QED) is 0.0299. The number of alkyl halides is 8. The van der Waals surface area contributed by atoms with Crippen LogP contribution in [0, 0.1) is 94.7 Å². The molecule has 16 nitrogen and oxygen atoms in total. The average molecular weight is 1520 g/mol. The highest BCUT2D eigenvalue weighted by molar-refractivity contribution is 6.32. The number of rotatable bonds is 32. The molecule has 0 aromatic heterocycles. The molecule has 5 heterocycles. The van der Waals surface area contributed by atoms with E-state index in [1.807, 2.05) is 0 Å². The van der Waals surface area contributed by atoms with Crippen molar-refractivity contribution in [3.05, 3.63) is 0 Å². The first-order valence-corrected chi connectivity index (χ1v) is 41.2. The first kappa shape index (κ1) is 81.8. The number of ether oxygens (including phenoxy) is 8. The third kappa shape index (κ3) is 19.5. The Morgan fingerprint density at radius 1 is 0.188 bits per heavy atom. The minimum atomic E-state index is -0.607. The third-order valence-corrected chi connectivity index (χ3v) is 27.2. The van der Waals surface area contributed by atoms with Crippen LogP contribution in [0.4, 0.5) is 0 Å². The molecule has 4 aliphatic carbocycles. The van der Waals surface area contributed by atoms with Gasteiger partial charge in [0.2, 0.25) is 0 Å². The van der Waals surface area contributed by atoms with Gasteiger partial charge in [0.1, 0.15) is 0 Å². The fraction of sp³-hybridized carbons (Fsp3) is 1.00. The topological polar surface area (TPSA) is 170 Å². The standard InChI is InChI=1S/C72H128Cl8N8O8/c1-33(2)17-25-89-57-41-42(58(50(74)49(57)73)90-26-18-34(3)4)66-81-65(41)85-67-43-44(60(92-28-20-36(7)8)52(76)51(75)59(43)91-27-19-35(5)6)69(82-67)87-71-47-48(64(96-32-24-40(15)16)56(80)55(79)63(47)95-31-23-39(13)14)72(84-71)88-70-46-45(68(83-70)86-66)61(93-29-21-37(9)10)53(77)54(78)62(46)94-30-22-38(11)12/h33-72,81-88H,17-32H2,1-16H3. The van der Waals surface area contributed by atoms with Crippen LogP contribution in [0.25, 0.3) is 0 Å². The molecule has 0 spiro atoms. The summed E-state index contributed by atoms with van der Waals surface area (Å²) in [6.07, 6.45) is -0.779.